The Balaban J connectivity index is 1.82. The van der Waals surface area contributed by atoms with Crippen molar-refractivity contribution < 1.29 is 9.47 Å². The average Bonchev–Trinajstić information content (AvgIpc) is 2.46. The number of nitrogens with two attached hydrogens (primary N) is 1. The van der Waals surface area contributed by atoms with Gasteiger partial charge in [0.1, 0.15) is 0 Å². The summed E-state index contributed by atoms with van der Waals surface area (Å²) in [6, 6.07) is 0. The molecule has 2 fully saturated rings. The first kappa shape index (κ1) is 16.1. The number of hydrogen-bond donors (Lipinski definition) is 2. The van der Waals surface area contributed by atoms with Gasteiger partial charge >= 0.3 is 0 Å². The molecule has 2 heterocycles. The van der Waals surface area contributed by atoms with Gasteiger partial charge in [0.25, 0.3) is 0 Å². The number of nitrogens with one attached hydrogen (secondary N) is 1. The molecule has 0 amide bonds. The summed E-state index contributed by atoms with van der Waals surface area (Å²) in [4.78, 5) is 4.86. The lowest BCUT2D eigenvalue weighted by Gasteiger charge is -2.47. The minimum Gasteiger partial charge on any atom is -0.346 e. The Hall–Kier alpha value is -0.240. The predicted octanol–water partition coefficient (Wildman–Crippen LogP) is -0.695. The van der Waals surface area contributed by atoms with Crippen molar-refractivity contribution in [3.8, 4) is 0 Å². The highest BCUT2D eigenvalue weighted by Crippen LogP contribution is 2.24. The van der Waals surface area contributed by atoms with Gasteiger partial charge in [-0.15, -0.1) is 0 Å². The number of nitrogens with zero attached hydrogens (tertiary/aromatic N) is 2. The molecule has 1 spiro atoms. The van der Waals surface area contributed by atoms with Gasteiger partial charge in [0.2, 0.25) is 0 Å². The second-order valence-corrected chi connectivity index (χ2v) is 5.66. The monoisotopic (exact) mass is 286 g/mol. The summed E-state index contributed by atoms with van der Waals surface area (Å²) in [5.41, 5.74) is 5.60. The normalized spacial score (nSPS) is 29.1. The van der Waals surface area contributed by atoms with E-state index in [1.54, 1.807) is 0 Å². The molecular weight excluding hydrogens is 256 g/mol. The summed E-state index contributed by atoms with van der Waals surface area (Å²) in [5.74, 6) is -0.419. The van der Waals surface area contributed by atoms with Gasteiger partial charge in [-0.3, -0.25) is 9.80 Å². The zero-order chi connectivity index (χ0) is 14.3. The maximum Gasteiger partial charge on any atom is 0.193 e. The van der Waals surface area contributed by atoms with E-state index in [0.717, 1.165) is 78.5 Å². The van der Waals surface area contributed by atoms with Crippen LogP contribution in [0.1, 0.15) is 13.3 Å². The number of rotatable bonds is 7. The fourth-order valence-corrected chi connectivity index (χ4v) is 2.95. The van der Waals surface area contributed by atoms with E-state index in [9.17, 15) is 0 Å². The fourth-order valence-electron chi connectivity index (χ4n) is 2.95. The van der Waals surface area contributed by atoms with Crippen molar-refractivity contribution in [3.63, 3.8) is 0 Å². The van der Waals surface area contributed by atoms with Crippen LogP contribution in [-0.2, 0) is 9.47 Å². The van der Waals surface area contributed by atoms with E-state index in [0.29, 0.717) is 0 Å². The minimum atomic E-state index is -0.419. The molecule has 0 radical (unpaired) electrons. The van der Waals surface area contributed by atoms with Gasteiger partial charge in [0, 0.05) is 26.2 Å². The Bertz CT molecular complexity index is 276. The average molecular weight is 286 g/mol. The van der Waals surface area contributed by atoms with E-state index < -0.39 is 5.79 Å². The Labute approximate surface area is 122 Å². The van der Waals surface area contributed by atoms with Gasteiger partial charge in [-0.1, -0.05) is 6.92 Å². The molecule has 118 valence electrons. The van der Waals surface area contributed by atoms with E-state index in [1.807, 2.05) is 0 Å². The van der Waals surface area contributed by atoms with E-state index in [2.05, 4.69) is 22.0 Å². The van der Waals surface area contributed by atoms with E-state index >= 15 is 0 Å². The molecule has 20 heavy (non-hydrogen) atoms. The summed E-state index contributed by atoms with van der Waals surface area (Å²) < 4.78 is 12.0. The Morgan fingerprint density at radius 3 is 2.35 bits per heavy atom. The van der Waals surface area contributed by atoms with Crippen LogP contribution in [0.3, 0.4) is 0 Å². The third-order valence-corrected chi connectivity index (χ3v) is 4.01. The van der Waals surface area contributed by atoms with Crippen molar-refractivity contribution in [2.24, 2.45) is 5.73 Å². The minimum absolute atomic E-state index is 0.419. The van der Waals surface area contributed by atoms with Crippen molar-refractivity contribution in [3.05, 3.63) is 0 Å². The van der Waals surface area contributed by atoms with Crippen molar-refractivity contribution in [2.45, 2.75) is 19.1 Å². The van der Waals surface area contributed by atoms with Crippen LogP contribution in [0.2, 0.25) is 0 Å². The molecular formula is C14H30N4O2. The van der Waals surface area contributed by atoms with Crippen LogP contribution in [0.5, 0.6) is 0 Å². The lowest BCUT2D eigenvalue weighted by atomic mass is 10.1. The molecule has 3 N–H and O–H groups in total. The third-order valence-electron chi connectivity index (χ3n) is 4.01. The molecule has 0 aromatic carbocycles. The molecule has 0 aromatic heterocycles. The topological polar surface area (TPSA) is 63.0 Å². The van der Waals surface area contributed by atoms with E-state index in [1.165, 1.54) is 0 Å². The van der Waals surface area contributed by atoms with E-state index in [-0.39, 0.29) is 0 Å². The van der Waals surface area contributed by atoms with E-state index in [4.69, 9.17) is 15.2 Å². The molecule has 2 aliphatic heterocycles. The highest BCUT2D eigenvalue weighted by molar-refractivity contribution is 4.86. The summed E-state index contributed by atoms with van der Waals surface area (Å²) in [6.45, 7) is 12.3. The summed E-state index contributed by atoms with van der Waals surface area (Å²) in [7, 11) is 0. The van der Waals surface area contributed by atoms with Crippen LogP contribution >= 0.6 is 0 Å². The Morgan fingerprint density at radius 2 is 1.75 bits per heavy atom. The highest BCUT2D eigenvalue weighted by Gasteiger charge is 2.41. The largest absolute Gasteiger partial charge is 0.346 e. The molecule has 2 rings (SSSR count). The molecule has 0 aliphatic carbocycles. The molecule has 0 bridgehead atoms. The fraction of sp³-hybridized carbons (Fsp3) is 1.00. The first-order valence-electron chi connectivity index (χ1n) is 7.91. The Morgan fingerprint density at radius 1 is 1.10 bits per heavy atom. The lowest BCUT2D eigenvalue weighted by molar-refractivity contribution is -0.291. The van der Waals surface area contributed by atoms with Crippen molar-refractivity contribution >= 4 is 0 Å². The van der Waals surface area contributed by atoms with Crippen LogP contribution in [-0.4, -0.2) is 87.7 Å². The van der Waals surface area contributed by atoms with Gasteiger partial charge in [-0.2, -0.15) is 0 Å². The first-order chi connectivity index (χ1) is 9.78. The van der Waals surface area contributed by atoms with Crippen LogP contribution in [0.4, 0.5) is 0 Å². The second kappa shape index (κ2) is 8.26. The molecule has 6 heteroatoms. The molecule has 0 aromatic rings. The summed E-state index contributed by atoms with van der Waals surface area (Å²) >= 11 is 0. The van der Waals surface area contributed by atoms with Gasteiger partial charge in [0.15, 0.2) is 5.79 Å². The highest BCUT2D eigenvalue weighted by atomic mass is 16.7. The van der Waals surface area contributed by atoms with Crippen molar-refractivity contribution in [2.75, 3.05) is 72.1 Å². The summed E-state index contributed by atoms with van der Waals surface area (Å²) in [6.07, 6.45) is 1.04. The maximum atomic E-state index is 6.00. The molecule has 2 saturated heterocycles. The van der Waals surface area contributed by atoms with Crippen LogP contribution in [0.25, 0.3) is 0 Å². The quantitative estimate of drug-likeness (QED) is 0.604. The number of ether oxygens (including phenoxy) is 2. The first-order valence-corrected chi connectivity index (χ1v) is 7.91. The van der Waals surface area contributed by atoms with Gasteiger partial charge in [0.05, 0.1) is 26.3 Å². The smallest absolute Gasteiger partial charge is 0.193 e. The van der Waals surface area contributed by atoms with Gasteiger partial charge in [-0.05, 0) is 26.1 Å². The summed E-state index contributed by atoms with van der Waals surface area (Å²) in [5, 5.41) is 3.38. The van der Waals surface area contributed by atoms with Crippen LogP contribution in [0, 0.1) is 0 Å². The standard InChI is InChI=1S/C14H30N4O2/c1-2-16-5-7-18-9-11-20-14(13-18)12-17(6-3-4-15)8-10-19-14/h16H,2-13,15H2,1H3. The number of likely N-dealkylation sites (N-methyl/N-ethyl adjacent to an activating group) is 1. The zero-order valence-corrected chi connectivity index (χ0v) is 12.8. The zero-order valence-electron chi connectivity index (χ0n) is 12.8. The SMILES string of the molecule is CCNCCN1CCOC2(CN(CCCN)CCO2)C1. The molecule has 1 unspecified atom stereocenters. The van der Waals surface area contributed by atoms with Crippen molar-refractivity contribution in [1.29, 1.82) is 0 Å². The van der Waals surface area contributed by atoms with Gasteiger partial charge < -0.3 is 20.5 Å². The Kier molecular flexibility index (Phi) is 6.67. The van der Waals surface area contributed by atoms with Crippen molar-refractivity contribution in [1.82, 2.24) is 15.1 Å². The third kappa shape index (κ3) is 4.65. The van der Waals surface area contributed by atoms with Crippen LogP contribution < -0.4 is 11.1 Å². The molecule has 6 nitrogen and oxygen atoms in total. The molecule has 0 saturated carbocycles. The predicted molar refractivity (Wildman–Crippen MR) is 79.7 cm³/mol. The second-order valence-electron chi connectivity index (χ2n) is 5.66. The number of morpholine rings is 2. The maximum absolute atomic E-state index is 6.00. The lowest BCUT2D eigenvalue weighted by Crippen LogP contribution is -2.62. The molecule has 1 atom stereocenters. The molecule has 2 aliphatic rings. The van der Waals surface area contributed by atoms with Gasteiger partial charge in [-0.25, -0.2) is 0 Å². The number of hydrogen-bond acceptors (Lipinski definition) is 6. The van der Waals surface area contributed by atoms with Crippen LogP contribution in [0.15, 0.2) is 0 Å².